The Labute approximate surface area is 176 Å². The number of hydrogen-bond donors (Lipinski definition) is 0. The second-order valence-electron chi connectivity index (χ2n) is 6.71. The number of ether oxygens (including phenoxy) is 2. The van der Waals surface area contributed by atoms with Crippen LogP contribution < -0.4 is 9.64 Å². The van der Waals surface area contributed by atoms with Gasteiger partial charge in [0.25, 0.3) is 0 Å². The highest BCUT2D eigenvalue weighted by Crippen LogP contribution is 2.31. The number of fused-ring (bicyclic) bond motifs is 1. The largest absolute Gasteiger partial charge is 0.497 e. The smallest absolute Gasteiger partial charge is 0.239 e. The maximum atomic E-state index is 13.6. The van der Waals surface area contributed by atoms with Gasteiger partial charge in [0.15, 0.2) is 5.13 Å². The minimum absolute atomic E-state index is 0.00804. The Morgan fingerprint density at radius 3 is 2.90 bits per heavy atom. The number of halogens is 1. The molecule has 2 heterocycles. The number of aromatic nitrogens is 1. The first kappa shape index (κ1) is 20.1. The lowest BCUT2D eigenvalue weighted by Gasteiger charge is -2.23. The van der Waals surface area contributed by atoms with E-state index in [1.54, 1.807) is 18.1 Å². The molecule has 1 amide bonds. The fourth-order valence-corrected chi connectivity index (χ4v) is 4.97. The standard InChI is InChI=1S/C21H21FN2O3S2/c1-26-15-5-7-17(8-6-15)28-13-20(25)24(12-16-3-2-10-27-16)21-23-18-9-4-14(22)11-19(18)29-21/h4-9,11,16H,2-3,10,12-13H2,1H3. The van der Waals surface area contributed by atoms with Gasteiger partial charge in [-0.1, -0.05) is 11.3 Å². The van der Waals surface area contributed by atoms with Gasteiger partial charge in [-0.25, -0.2) is 9.37 Å². The van der Waals surface area contributed by atoms with Crippen molar-refractivity contribution in [2.24, 2.45) is 0 Å². The topological polar surface area (TPSA) is 51.7 Å². The first-order chi connectivity index (χ1) is 14.1. The number of hydrogen-bond acceptors (Lipinski definition) is 6. The van der Waals surface area contributed by atoms with Gasteiger partial charge in [-0.2, -0.15) is 0 Å². The van der Waals surface area contributed by atoms with Crippen LogP contribution in [0.1, 0.15) is 12.8 Å². The van der Waals surface area contributed by atoms with E-state index in [-0.39, 0.29) is 23.6 Å². The number of thioether (sulfide) groups is 1. The summed E-state index contributed by atoms with van der Waals surface area (Å²) in [6.45, 7) is 1.18. The molecule has 0 bridgehead atoms. The number of carbonyl (C=O) groups is 1. The van der Waals surface area contributed by atoms with Crippen LogP contribution in [0.2, 0.25) is 0 Å². The van der Waals surface area contributed by atoms with Crippen LogP contribution in [-0.4, -0.2) is 43.0 Å². The van der Waals surface area contributed by atoms with E-state index in [0.29, 0.717) is 17.2 Å². The third-order valence-corrected chi connectivity index (χ3v) is 6.74. The molecular weight excluding hydrogens is 411 g/mol. The molecule has 2 aromatic carbocycles. The van der Waals surface area contributed by atoms with Crippen LogP contribution >= 0.6 is 23.1 Å². The summed E-state index contributed by atoms with van der Waals surface area (Å²) in [5.41, 5.74) is 0.694. The van der Waals surface area contributed by atoms with E-state index in [9.17, 15) is 9.18 Å². The van der Waals surface area contributed by atoms with E-state index in [1.165, 1.54) is 35.2 Å². The van der Waals surface area contributed by atoms with Crippen LogP contribution in [0.25, 0.3) is 10.2 Å². The molecule has 1 aromatic heterocycles. The molecule has 1 fully saturated rings. The van der Waals surface area contributed by atoms with Crippen molar-refractivity contribution in [2.45, 2.75) is 23.8 Å². The maximum Gasteiger partial charge on any atom is 0.239 e. The third kappa shape index (κ3) is 4.88. The fraction of sp³-hybridized carbons (Fsp3) is 0.333. The van der Waals surface area contributed by atoms with Gasteiger partial charge in [0.2, 0.25) is 5.91 Å². The SMILES string of the molecule is COc1ccc(SCC(=O)N(CC2CCCO2)c2nc3ccc(F)cc3s2)cc1. The van der Waals surface area contributed by atoms with Crippen LogP contribution in [0.5, 0.6) is 5.75 Å². The van der Waals surface area contributed by atoms with E-state index in [1.807, 2.05) is 24.3 Å². The summed E-state index contributed by atoms with van der Waals surface area (Å²) < 4.78 is 25.2. The molecule has 1 aliphatic heterocycles. The summed E-state index contributed by atoms with van der Waals surface area (Å²) in [6.07, 6.45) is 1.93. The van der Waals surface area contributed by atoms with Gasteiger partial charge in [-0.15, -0.1) is 11.8 Å². The molecule has 0 spiro atoms. The van der Waals surface area contributed by atoms with Crippen molar-refractivity contribution in [2.75, 3.05) is 30.9 Å². The maximum absolute atomic E-state index is 13.6. The number of amides is 1. The molecule has 1 unspecified atom stereocenters. The molecule has 0 N–H and O–H groups in total. The van der Waals surface area contributed by atoms with Crippen molar-refractivity contribution in [3.63, 3.8) is 0 Å². The van der Waals surface area contributed by atoms with E-state index in [4.69, 9.17) is 9.47 Å². The fourth-order valence-electron chi connectivity index (χ4n) is 3.18. The molecule has 0 aliphatic carbocycles. The molecule has 0 saturated carbocycles. The number of rotatable bonds is 7. The lowest BCUT2D eigenvalue weighted by molar-refractivity contribution is -0.116. The molecule has 152 valence electrons. The van der Waals surface area contributed by atoms with Gasteiger partial charge in [0.05, 0.1) is 35.7 Å². The summed E-state index contributed by atoms with van der Waals surface area (Å²) in [6, 6.07) is 12.1. The Bertz CT molecular complexity index is 987. The molecule has 1 saturated heterocycles. The van der Waals surface area contributed by atoms with E-state index >= 15 is 0 Å². The van der Waals surface area contributed by atoms with Crippen molar-refractivity contribution in [3.8, 4) is 5.75 Å². The number of nitrogens with zero attached hydrogens (tertiary/aromatic N) is 2. The van der Waals surface area contributed by atoms with Crippen molar-refractivity contribution < 1.29 is 18.7 Å². The Morgan fingerprint density at radius 1 is 1.34 bits per heavy atom. The molecule has 5 nitrogen and oxygen atoms in total. The predicted octanol–water partition coefficient (Wildman–Crippen LogP) is 4.75. The number of anilines is 1. The van der Waals surface area contributed by atoms with Gasteiger partial charge < -0.3 is 9.47 Å². The molecule has 3 aromatic rings. The number of thiazole rings is 1. The van der Waals surface area contributed by atoms with Crippen LogP contribution in [0.4, 0.5) is 9.52 Å². The highest BCUT2D eigenvalue weighted by atomic mass is 32.2. The molecule has 1 aliphatic rings. The van der Waals surface area contributed by atoms with Crippen LogP contribution in [0, 0.1) is 5.82 Å². The predicted molar refractivity (Wildman–Crippen MR) is 115 cm³/mol. The lowest BCUT2D eigenvalue weighted by atomic mass is 10.2. The monoisotopic (exact) mass is 432 g/mol. The van der Waals surface area contributed by atoms with Gasteiger partial charge in [0, 0.05) is 11.5 Å². The molecule has 8 heteroatoms. The minimum Gasteiger partial charge on any atom is -0.497 e. The van der Waals surface area contributed by atoms with E-state index in [0.717, 1.165) is 34.8 Å². The average molecular weight is 433 g/mol. The summed E-state index contributed by atoms with van der Waals surface area (Å²) in [4.78, 5) is 20.3. The molecule has 29 heavy (non-hydrogen) atoms. The summed E-state index contributed by atoms with van der Waals surface area (Å²) >= 11 is 2.80. The van der Waals surface area contributed by atoms with Crippen molar-refractivity contribution in [1.82, 2.24) is 4.98 Å². The highest BCUT2D eigenvalue weighted by Gasteiger charge is 2.26. The zero-order valence-electron chi connectivity index (χ0n) is 16.0. The van der Waals surface area contributed by atoms with E-state index < -0.39 is 0 Å². The highest BCUT2D eigenvalue weighted by molar-refractivity contribution is 8.00. The van der Waals surface area contributed by atoms with Gasteiger partial charge in [-0.05, 0) is 55.3 Å². The van der Waals surface area contributed by atoms with Crippen molar-refractivity contribution in [1.29, 1.82) is 0 Å². The number of methoxy groups -OCH3 is 1. The Balaban J connectivity index is 1.52. The number of carbonyl (C=O) groups excluding carboxylic acids is 1. The first-order valence-corrected chi connectivity index (χ1v) is 11.2. The Kier molecular flexibility index (Phi) is 6.32. The zero-order valence-corrected chi connectivity index (χ0v) is 17.6. The van der Waals surface area contributed by atoms with Gasteiger partial charge in [-0.3, -0.25) is 9.69 Å². The van der Waals surface area contributed by atoms with Gasteiger partial charge in [0.1, 0.15) is 11.6 Å². The Hall–Kier alpha value is -2.16. The van der Waals surface area contributed by atoms with Crippen LogP contribution in [0.3, 0.4) is 0 Å². The van der Waals surface area contributed by atoms with Crippen molar-refractivity contribution >= 4 is 44.4 Å². The van der Waals surface area contributed by atoms with E-state index in [2.05, 4.69) is 4.98 Å². The summed E-state index contributed by atoms with van der Waals surface area (Å²) in [7, 11) is 1.62. The second-order valence-corrected chi connectivity index (χ2v) is 8.77. The lowest BCUT2D eigenvalue weighted by Crippen LogP contribution is -2.38. The first-order valence-electron chi connectivity index (χ1n) is 9.37. The van der Waals surface area contributed by atoms with Crippen LogP contribution in [0.15, 0.2) is 47.4 Å². The Morgan fingerprint density at radius 2 is 2.17 bits per heavy atom. The number of benzene rings is 2. The molecular formula is C21H21FN2O3S2. The van der Waals surface area contributed by atoms with Crippen LogP contribution in [-0.2, 0) is 9.53 Å². The molecule has 1 atom stereocenters. The zero-order chi connectivity index (χ0) is 20.2. The summed E-state index contributed by atoms with van der Waals surface area (Å²) in [5, 5.41) is 0.585. The van der Waals surface area contributed by atoms with Gasteiger partial charge >= 0.3 is 0 Å². The summed E-state index contributed by atoms with van der Waals surface area (Å²) in [5.74, 6) is 0.714. The normalized spacial score (nSPS) is 16.3. The second kappa shape index (κ2) is 9.11. The minimum atomic E-state index is -0.306. The van der Waals surface area contributed by atoms with Crippen molar-refractivity contribution in [3.05, 3.63) is 48.3 Å². The average Bonchev–Trinajstić information content (AvgIpc) is 3.39. The quantitative estimate of drug-likeness (QED) is 0.505. The third-order valence-electron chi connectivity index (χ3n) is 4.70. The molecule has 0 radical (unpaired) electrons. The molecule has 4 rings (SSSR count).